The SMILES string of the molecule is C=C(C)c1cc(C(=O)Nc2cccc(C(F)(F)F)c2)nc(N2CCC(N3CCCC3)CC2)n1. The van der Waals surface area contributed by atoms with Gasteiger partial charge in [0.2, 0.25) is 5.95 Å². The highest BCUT2D eigenvalue weighted by Gasteiger charge is 2.31. The molecule has 0 radical (unpaired) electrons. The Balaban J connectivity index is 1.52. The minimum atomic E-state index is -4.49. The van der Waals surface area contributed by atoms with Crippen molar-refractivity contribution in [2.45, 2.75) is 44.8 Å². The molecule has 1 N–H and O–H groups in total. The lowest BCUT2D eigenvalue weighted by atomic mass is 10.0. The van der Waals surface area contributed by atoms with Crippen molar-refractivity contribution < 1.29 is 18.0 Å². The van der Waals surface area contributed by atoms with E-state index in [4.69, 9.17) is 0 Å². The van der Waals surface area contributed by atoms with Gasteiger partial charge in [-0.15, -0.1) is 0 Å². The summed E-state index contributed by atoms with van der Waals surface area (Å²) in [5, 5.41) is 2.53. The van der Waals surface area contributed by atoms with E-state index in [0.29, 0.717) is 23.3 Å². The van der Waals surface area contributed by atoms with Crippen molar-refractivity contribution in [1.29, 1.82) is 0 Å². The van der Waals surface area contributed by atoms with Gasteiger partial charge in [0.25, 0.3) is 5.91 Å². The van der Waals surface area contributed by atoms with E-state index in [1.54, 1.807) is 6.92 Å². The molecule has 9 heteroatoms. The third-order valence-corrected chi connectivity index (χ3v) is 6.24. The van der Waals surface area contributed by atoms with E-state index < -0.39 is 17.6 Å². The Morgan fingerprint density at radius 3 is 2.36 bits per heavy atom. The largest absolute Gasteiger partial charge is 0.416 e. The molecular formula is C24H28F3N5O. The molecule has 0 spiro atoms. The number of alkyl halides is 3. The summed E-state index contributed by atoms with van der Waals surface area (Å²) in [4.78, 5) is 26.5. The van der Waals surface area contributed by atoms with E-state index in [2.05, 4.69) is 31.7 Å². The average molecular weight is 460 g/mol. The van der Waals surface area contributed by atoms with Gasteiger partial charge in [-0.2, -0.15) is 13.2 Å². The van der Waals surface area contributed by atoms with Crippen LogP contribution in [0.2, 0.25) is 0 Å². The number of likely N-dealkylation sites (tertiary alicyclic amines) is 1. The van der Waals surface area contributed by atoms with Crippen molar-refractivity contribution >= 4 is 23.1 Å². The minimum absolute atomic E-state index is 0.0540. The fourth-order valence-corrected chi connectivity index (χ4v) is 4.42. The Hall–Kier alpha value is -2.94. The molecule has 1 amide bonds. The van der Waals surface area contributed by atoms with Gasteiger partial charge in [0.1, 0.15) is 5.69 Å². The molecule has 0 unspecified atom stereocenters. The van der Waals surface area contributed by atoms with Gasteiger partial charge in [0.05, 0.1) is 11.3 Å². The number of carbonyl (C=O) groups excluding carboxylic acids is 1. The minimum Gasteiger partial charge on any atom is -0.341 e. The summed E-state index contributed by atoms with van der Waals surface area (Å²) >= 11 is 0. The number of allylic oxidation sites excluding steroid dienone is 1. The fourth-order valence-electron chi connectivity index (χ4n) is 4.42. The van der Waals surface area contributed by atoms with Crippen molar-refractivity contribution in [2.24, 2.45) is 0 Å². The molecule has 0 saturated carbocycles. The molecule has 2 aliphatic rings. The molecule has 6 nitrogen and oxygen atoms in total. The number of hydrogen-bond acceptors (Lipinski definition) is 5. The van der Waals surface area contributed by atoms with Crippen molar-refractivity contribution in [3.05, 3.63) is 53.9 Å². The monoisotopic (exact) mass is 459 g/mol. The van der Waals surface area contributed by atoms with Crippen molar-refractivity contribution in [2.75, 3.05) is 36.4 Å². The predicted octanol–water partition coefficient (Wildman–Crippen LogP) is 4.85. The number of halogens is 3. The number of amides is 1. The van der Waals surface area contributed by atoms with Gasteiger partial charge in [-0.05, 0) is 75.5 Å². The molecule has 2 fully saturated rings. The first kappa shape index (κ1) is 23.2. The number of aromatic nitrogens is 2. The summed E-state index contributed by atoms with van der Waals surface area (Å²) < 4.78 is 39.0. The van der Waals surface area contributed by atoms with Gasteiger partial charge in [0.15, 0.2) is 0 Å². The molecule has 4 rings (SSSR count). The van der Waals surface area contributed by atoms with E-state index in [0.717, 1.165) is 51.2 Å². The van der Waals surface area contributed by atoms with Crippen LogP contribution in [0.25, 0.3) is 5.57 Å². The van der Waals surface area contributed by atoms with Crippen LogP contribution in [0.5, 0.6) is 0 Å². The Morgan fingerprint density at radius 1 is 1.06 bits per heavy atom. The Bertz CT molecular complexity index is 1030. The normalized spacial score (nSPS) is 17.9. The smallest absolute Gasteiger partial charge is 0.341 e. The Kier molecular flexibility index (Phi) is 6.69. The van der Waals surface area contributed by atoms with E-state index in [9.17, 15) is 18.0 Å². The average Bonchev–Trinajstić information content (AvgIpc) is 3.33. The first-order chi connectivity index (χ1) is 15.7. The summed E-state index contributed by atoms with van der Waals surface area (Å²) in [6.07, 6.45) is 0.0403. The molecule has 2 aliphatic heterocycles. The zero-order valence-electron chi connectivity index (χ0n) is 18.7. The molecule has 2 saturated heterocycles. The summed E-state index contributed by atoms with van der Waals surface area (Å²) in [5.74, 6) is -0.142. The van der Waals surface area contributed by atoms with E-state index >= 15 is 0 Å². The van der Waals surface area contributed by atoms with Crippen molar-refractivity contribution in [1.82, 2.24) is 14.9 Å². The highest BCUT2D eigenvalue weighted by molar-refractivity contribution is 6.03. The summed E-state index contributed by atoms with van der Waals surface area (Å²) in [6.45, 7) is 9.61. The van der Waals surface area contributed by atoms with E-state index in [1.807, 2.05) is 0 Å². The third kappa shape index (κ3) is 5.52. The number of rotatable bonds is 5. The van der Waals surface area contributed by atoms with Gasteiger partial charge in [-0.1, -0.05) is 12.6 Å². The molecule has 1 aromatic heterocycles. The number of hydrogen-bond donors (Lipinski definition) is 1. The number of piperidine rings is 1. The van der Waals surface area contributed by atoms with Crippen LogP contribution in [0.1, 0.15) is 54.4 Å². The number of carbonyl (C=O) groups is 1. The van der Waals surface area contributed by atoms with Crippen LogP contribution in [-0.4, -0.2) is 53.0 Å². The molecule has 2 aromatic rings. The Labute approximate surface area is 191 Å². The molecule has 0 atom stereocenters. The van der Waals surface area contributed by atoms with Crippen LogP contribution < -0.4 is 10.2 Å². The second kappa shape index (κ2) is 9.51. The van der Waals surface area contributed by atoms with Crippen LogP contribution in [-0.2, 0) is 6.18 Å². The first-order valence-corrected chi connectivity index (χ1v) is 11.2. The second-order valence-corrected chi connectivity index (χ2v) is 8.71. The zero-order chi connectivity index (χ0) is 23.6. The highest BCUT2D eigenvalue weighted by Crippen LogP contribution is 2.31. The summed E-state index contributed by atoms with van der Waals surface area (Å²) in [6, 6.07) is 6.63. The van der Waals surface area contributed by atoms with Crippen molar-refractivity contribution in [3.63, 3.8) is 0 Å². The van der Waals surface area contributed by atoms with Gasteiger partial charge in [0, 0.05) is 24.8 Å². The summed E-state index contributed by atoms with van der Waals surface area (Å²) in [7, 11) is 0. The Morgan fingerprint density at radius 2 is 1.73 bits per heavy atom. The third-order valence-electron chi connectivity index (χ3n) is 6.24. The topological polar surface area (TPSA) is 61.4 Å². The van der Waals surface area contributed by atoms with Crippen LogP contribution in [0.15, 0.2) is 36.9 Å². The standard InChI is InChI=1S/C24H28F3N5O/c1-16(2)20-15-21(22(33)28-18-7-5-6-17(14-18)24(25,26)27)30-23(29-20)32-12-8-19(9-13-32)31-10-3-4-11-31/h5-7,14-15,19H,1,3-4,8-13H2,2H3,(H,28,33). The lowest BCUT2D eigenvalue weighted by Gasteiger charge is -2.36. The second-order valence-electron chi connectivity index (χ2n) is 8.71. The quantitative estimate of drug-likeness (QED) is 0.693. The maximum Gasteiger partial charge on any atom is 0.416 e. The molecule has 0 bridgehead atoms. The molecule has 33 heavy (non-hydrogen) atoms. The van der Waals surface area contributed by atoms with Gasteiger partial charge in [-0.3, -0.25) is 4.79 Å². The van der Waals surface area contributed by atoms with Gasteiger partial charge < -0.3 is 15.1 Å². The van der Waals surface area contributed by atoms with Crippen molar-refractivity contribution in [3.8, 4) is 0 Å². The summed E-state index contributed by atoms with van der Waals surface area (Å²) in [5.41, 5.74) is 0.539. The number of benzene rings is 1. The first-order valence-electron chi connectivity index (χ1n) is 11.2. The zero-order valence-corrected chi connectivity index (χ0v) is 18.7. The fraction of sp³-hybridized carbons (Fsp3) is 0.458. The molecule has 0 aliphatic carbocycles. The molecule has 3 heterocycles. The maximum absolute atomic E-state index is 13.0. The predicted molar refractivity (Wildman–Crippen MR) is 122 cm³/mol. The van der Waals surface area contributed by atoms with Crippen LogP contribution >= 0.6 is 0 Å². The molecule has 1 aromatic carbocycles. The maximum atomic E-state index is 13.0. The van der Waals surface area contributed by atoms with E-state index in [1.165, 1.54) is 31.0 Å². The van der Waals surface area contributed by atoms with Gasteiger partial charge in [-0.25, -0.2) is 9.97 Å². The van der Waals surface area contributed by atoms with E-state index in [-0.39, 0.29) is 11.4 Å². The van der Waals surface area contributed by atoms with Gasteiger partial charge >= 0.3 is 6.18 Å². The lowest BCUT2D eigenvalue weighted by molar-refractivity contribution is -0.137. The molecule has 176 valence electrons. The molecular weight excluding hydrogens is 431 g/mol. The van der Waals surface area contributed by atoms with Crippen LogP contribution in [0, 0.1) is 0 Å². The number of nitrogens with zero attached hydrogens (tertiary/aromatic N) is 4. The van der Waals surface area contributed by atoms with Crippen LogP contribution in [0.3, 0.4) is 0 Å². The number of nitrogens with one attached hydrogen (secondary N) is 1. The lowest BCUT2D eigenvalue weighted by Crippen LogP contribution is -2.44. The highest BCUT2D eigenvalue weighted by atomic mass is 19.4. The number of anilines is 2. The van der Waals surface area contributed by atoms with Crippen LogP contribution in [0.4, 0.5) is 24.8 Å².